The number of hydrogen-bond donors (Lipinski definition) is 8. The van der Waals surface area contributed by atoms with Gasteiger partial charge >= 0.3 is 11.9 Å². The highest BCUT2D eigenvalue weighted by Gasteiger charge is 2.54. The Balaban J connectivity index is 1.28. The van der Waals surface area contributed by atoms with E-state index in [0.29, 0.717) is 12.8 Å². The van der Waals surface area contributed by atoms with Crippen molar-refractivity contribution in [3.8, 4) is 0 Å². The number of hydrogen-bond acceptors (Lipinski definition) is 18. The lowest BCUT2D eigenvalue weighted by molar-refractivity contribution is -0.345. The third-order valence-electron chi connectivity index (χ3n) is 16.5. The van der Waals surface area contributed by atoms with Crippen LogP contribution in [0.3, 0.4) is 0 Å². The van der Waals surface area contributed by atoms with Crippen LogP contribution in [0.25, 0.3) is 0 Å². The van der Waals surface area contributed by atoms with E-state index in [1.54, 1.807) is 79.7 Å². The molecule has 18 nitrogen and oxygen atoms in total. The third-order valence-corrected chi connectivity index (χ3v) is 16.5. The van der Waals surface area contributed by atoms with Crippen LogP contribution in [0, 0.1) is 47.3 Å². The average Bonchev–Trinajstić information content (AvgIpc) is 3.31. The summed E-state index contributed by atoms with van der Waals surface area (Å²) in [4.78, 5) is 27.0. The maximum absolute atomic E-state index is 13.5. The Bertz CT molecular complexity index is 1710. The number of aliphatic hydroxyl groups is 8. The minimum absolute atomic E-state index is 0.0264. The molecule has 0 aliphatic carbocycles. The van der Waals surface area contributed by atoms with Gasteiger partial charge in [0, 0.05) is 85.2 Å². The Labute approximate surface area is 426 Å². The van der Waals surface area contributed by atoms with Crippen molar-refractivity contribution >= 4 is 11.9 Å². The van der Waals surface area contributed by atoms with Crippen LogP contribution < -0.4 is 0 Å². The molecule has 5 aliphatic heterocycles. The molecule has 412 valence electrons. The topological polar surface area (TPSA) is 270 Å². The molecule has 0 radical (unpaired) electrons. The Morgan fingerprint density at radius 2 is 0.931 bits per heavy atom. The van der Waals surface area contributed by atoms with E-state index in [1.807, 2.05) is 27.7 Å². The molecule has 0 unspecified atom stereocenters. The van der Waals surface area contributed by atoms with E-state index in [2.05, 4.69) is 0 Å². The normalized spacial score (nSPS) is 46.1. The van der Waals surface area contributed by atoms with Crippen LogP contribution in [0.15, 0.2) is 48.6 Å². The number of rotatable bonds is 14. The molecule has 4 saturated heterocycles. The second kappa shape index (κ2) is 25.9. The summed E-state index contributed by atoms with van der Waals surface area (Å²) >= 11 is 0. The number of cyclic esters (lactones) is 2. The summed E-state index contributed by atoms with van der Waals surface area (Å²) in [6.45, 7) is 21.3. The average molecular weight is 1030 g/mol. The van der Waals surface area contributed by atoms with Crippen molar-refractivity contribution in [1.82, 2.24) is 0 Å². The first kappa shape index (κ1) is 60.2. The quantitative estimate of drug-likeness (QED) is 0.114. The molecular weight excluding hydrogens is 937 g/mol. The molecule has 5 aliphatic rings. The Kier molecular flexibility index (Phi) is 21.7. The first-order valence-electron chi connectivity index (χ1n) is 26.4. The van der Waals surface area contributed by atoms with Gasteiger partial charge in [0.1, 0.15) is 24.4 Å². The SMILES string of the molecule is CC[C@@H]1[C@@H](C)O[C@@](O)([C@@H](C)[C@H](O)[C@H](C)[C@H]2OC(=O)/C=C/C=C/[C@H](C)[C@@H]([C@@H](C)[C@@H](O)[C@H](C)[C@@]3(O)C[C@@H](O[C@H]4C[C@H](O)[C@H](O)[C@H](C)O4)[C@H](CC)[C@@H](C)O3)OC(=O)/C=C/C=C\[C@H]2C)C[C@H]1O[C@H]1C[C@H](O)[C@H](O)[C@H](C)O1. The molecule has 4 fully saturated rings. The van der Waals surface area contributed by atoms with Crippen LogP contribution in [0.4, 0.5) is 0 Å². The van der Waals surface area contributed by atoms with Gasteiger partial charge in [-0.25, -0.2) is 9.59 Å². The maximum Gasteiger partial charge on any atom is 0.331 e. The summed E-state index contributed by atoms with van der Waals surface area (Å²) in [6, 6.07) is 0. The van der Waals surface area contributed by atoms with Crippen molar-refractivity contribution < 1.29 is 88.3 Å². The summed E-state index contributed by atoms with van der Waals surface area (Å²) in [5.41, 5.74) is 0. The second-order valence-electron chi connectivity index (χ2n) is 21.7. The highest BCUT2D eigenvalue weighted by molar-refractivity contribution is 5.83. The fourth-order valence-corrected chi connectivity index (χ4v) is 11.6. The summed E-state index contributed by atoms with van der Waals surface area (Å²) in [5, 5.41) is 89.6. The van der Waals surface area contributed by atoms with Gasteiger partial charge in [-0.05, 0) is 40.5 Å². The summed E-state index contributed by atoms with van der Waals surface area (Å²) in [6.07, 6.45) is -0.317. The van der Waals surface area contributed by atoms with Gasteiger partial charge in [-0.2, -0.15) is 0 Å². The van der Waals surface area contributed by atoms with E-state index >= 15 is 0 Å². The first-order valence-corrected chi connectivity index (χ1v) is 26.4. The zero-order valence-electron chi connectivity index (χ0n) is 44.4. The fourth-order valence-electron chi connectivity index (χ4n) is 11.6. The van der Waals surface area contributed by atoms with E-state index < -0.39 is 157 Å². The van der Waals surface area contributed by atoms with Gasteiger partial charge in [-0.3, -0.25) is 0 Å². The summed E-state index contributed by atoms with van der Waals surface area (Å²) < 4.78 is 49.1. The van der Waals surface area contributed by atoms with Crippen molar-refractivity contribution in [2.75, 3.05) is 0 Å². The lowest BCUT2D eigenvalue weighted by atomic mass is 9.76. The van der Waals surface area contributed by atoms with E-state index in [-0.39, 0.29) is 37.5 Å². The second-order valence-corrected chi connectivity index (χ2v) is 21.7. The van der Waals surface area contributed by atoms with Crippen molar-refractivity contribution in [2.45, 2.75) is 231 Å². The zero-order valence-corrected chi connectivity index (χ0v) is 44.4. The fraction of sp³-hybridized carbons (Fsp3) is 0.815. The molecule has 72 heavy (non-hydrogen) atoms. The predicted octanol–water partition coefficient (Wildman–Crippen LogP) is 4.12. The molecule has 18 heteroatoms. The standard InChI is InChI=1S/C54H88O18/c1-13-37-33(9)71-53(63,25-41(37)67-45-23-39(55)49(61)35(11)65-45)31(7)47(59)29(5)51-27(3)19-15-17-22-44(58)70-52(28(4)20-16-18-21-43(57)69-51)30(6)48(60)32(8)54(64)26-42(38(14-2)34(10)72-54)68-46-24-40(56)50(62)36(12)66-46/h15-22,27-42,45-52,55-56,59-64H,13-14,23-26H2,1-12H3/b19-15-,20-16+,21-18+,22-17+/t27-,28+,29+,30+,31+,32+,33-,34-,35+,36+,37-,38-,39+,40+,41-,42-,45+,46+,47-,48-,49-,50-,51+,52+,53-,54-/m1/s1. The first-order chi connectivity index (χ1) is 33.7. The van der Waals surface area contributed by atoms with Crippen LogP contribution in [0.5, 0.6) is 0 Å². The number of carbonyl (C=O) groups excluding carboxylic acids is 2. The molecule has 5 rings (SSSR count). The van der Waals surface area contributed by atoms with Crippen LogP contribution in [0.1, 0.15) is 122 Å². The van der Waals surface area contributed by atoms with E-state index in [9.17, 15) is 50.4 Å². The highest BCUT2D eigenvalue weighted by Crippen LogP contribution is 2.45. The minimum Gasteiger partial charge on any atom is -0.458 e. The molecule has 26 atom stereocenters. The smallest absolute Gasteiger partial charge is 0.331 e. The number of ether oxygens (including phenoxy) is 8. The largest absolute Gasteiger partial charge is 0.458 e. The van der Waals surface area contributed by atoms with E-state index in [0.717, 1.165) is 0 Å². The molecule has 0 amide bonds. The lowest BCUT2D eigenvalue weighted by Crippen LogP contribution is -2.59. The van der Waals surface area contributed by atoms with E-state index in [4.69, 9.17) is 37.9 Å². The third kappa shape index (κ3) is 14.4. The number of aliphatic hydroxyl groups excluding tert-OH is 6. The Hall–Kier alpha value is -2.66. The molecule has 0 saturated carbocycles. The van der Waals surface area contributed by atoms with Crippen LogP contribution in [-0.4, -0.2) is 162 Å². The van der Waals surface area contributed by atoms with Gasteiger partial charge in [-0.1, -0.05) is 91.8 Å². The van der Waals surface area contributed by atoms with E-state index in [1.165, 1.54) is 24.3 Å². The van der Waals surface area contributed by atoms with Crippen LogP contribution >= 0.6 is 0 Å². The molecule has 0 aromatic carbocycles. The Morgan fingerprint density at radius 1 is 0.583 bits per heavy atom. The van der Waals surface area contributed by atoms with Crippen molar-refractivity contribution in [1.29, 1.82) is 0 Å². The lowest BCUT2D eigenvalue weighted by Gasteiger charge is -2.50. The molecule has 5 heterocycles. The molecule has 8 N–H and O–H groups in total. The molecule has 0 aromatic rings. The van der Waals surface area contributed by atoms with Crippen molar-refractivity contribution in [3.05, 3.63) is 48.6 Å². The molecule has 0 bridgehead atoms. The molecule has 0 spiro atoms. The predicted molar refractivity (Wildman–Crippen MR) is 263 cm³/mol. The number of esters is 2. The summed E-state index contributed by atoms with van der Waals surface area (Å²) in [7, 11) is 0. The van der Waals surface area contributed by atoms with Gasteiger partial charge in [0.2, 0.25) is 0 Å². The monoisotopic (exact) mass is 1020 g/mol. The highest BCUT2D eigenvalue weighted by atomic mass is 16.7. The van der Waals surface area contributed by atoms with Gasteiger partial charge in [0.15, 0.2) is 24.2 Å². The molecule has 0 aromatic heterocycles. The molecular formula is C54H88O18. The maximum atomic E-state index is 13.5. The van der Waals surface area contributed by atoms with Crippen molar-refractivity contribution in [3.63, 3.8) is 0 Å². The minimum atomic E-state index is -1.88. The van der Waals surface area contributed by atoms with Gasteiger partial charge in [0.05, 0.1) is 61.0 Å². The Morgan fingerprint density at radius 3 is 1.25 bits per heavy atom. The van der Waals surface area contributed by atoms with Crippen molar-refractivity contribution in [2.24, 2.45) is 47.3 Å². The van der Waals surface area contributed by atoms with Crippen LogP contribution in [-0.2, 0) is 47.5 Å². The zero-order chi connectivity index (χ0) is 53.6. The van der Waals surface area contributed by atoms with Gasteiger partial charge in [-0.15, -0.1) is 0 Å². The number of carbonyl (C=O) groups is 2. The van der Waals surface area contributed by atoms with Gasteiger partial charge in [0.25, 0.3) is 0 Å². The van der Waals surface area contributed by atoms with Gasteiger partial charge < -0.3 is 78.7 Å². The number of allylic oxidation sites excluding steroid dienone is 4. The van der Waals surface area contributed by atoms with Crippen LogP contribution in [0.2, 0.25) is 0 Å². The summed E-state index contributed by atoms with van der Waals surface area (Å²) in [5.74, 6) is -9.84.